The summed E-state index contributed by atoms with van der Waals surface area (Å²) < 4.78 is 12.5. The van der Waals surface area contributed by atoms with Gasteiger partial charge in [-0.1, -0.05) is 44.9 Å². The normalized spacial score (nSPS) is 11.0. The first-order valence-corrected chi connectivity index (χ1v) is 10.3. The topological polar surface area (TPSA) is 55.6 Å². The fraction of sp³-hybridized carbons (Fsp3) is 0.100. The molecule has 8 heteroatoms. The van der Waals surface area contributed by atoms with Crippen LogP contribution in [0.1, 0.15) is 16.1 Å². The Hall–Kier alpha value is -2.35. The Morgan fingerprint density at radius 3 is 2.86 bits per heavy atom. The molecular weight excluding hydrogens is 464 g/mol. The molecule has 0 aliphatic heterocycles. The molecule has 0 atom stereocenters. The van der Waals surface area contributed by atoms with Crippen LogP contribution in [0.4, 0.5) is 5.13 Å². The molecule has 0 radical (unpaired) electrons. The number of anilines is 1. The van der Waals surface area contributed by atoms with E-state index in [1.165, 1.54) is 11.3 Å². The molecule has 0 saturated heterocycles. The zero-order chi connectivity index (χ0) is 19.7. The Morgan fingerprint density at radius 2 is 2.14 bits per heavy atom. The fourth-order valence-electron chi connectivity index (χ4n) is 2.78. The van der Waals surface area contributed by atoms with Gasteiger partial charge < -0.3 is 9.15 Å². The van der Waals surface area contributed by atoms with Gasteiger partial charge in [-0.25, -0.2) is 4.98 Å². The Labute approximate surface area is 178 Å². The molecule has 0 aliphatic carbocycles. The van der Waals surface area contributed by atoms with Gasteiger partial charge in [-0.2, -0.15) is 0 Å². The second kappa shape index (κ2) is 7.95. The largest absolute Gasteiger partial charge is 0.494 e. The average molecular weight is 478 g/mol. The number of fused-ring (bicyclic) bond motifs is 1. The summed E-state index contributed by atoms with van der Waals surface area (Å²) in [5, 5.41) is 1.08. The summed E-state index contributed by atoms with van der Waals surface area (Å²) in [5.41, 5.74) is 1.17. The van der Waals surface area contributed by atoms with Crippen LogP contribution in [0.5, 0.6) is 5.75 Å². The Morgan fingerprint density at radius 1 is 1.29 bits per heavy atom. The highest BCUT2D eigenvalue weighted by Gasteiger charge is 2.24. The maximum atomic E-state index is 13.3. The monoisotopic (exact) mass is 476 g/mol. The number of amides is 1. The van der Waals surface area contributed by atoms with E-state index in [2.05, 4.69) is 20.9 Å². The minimum Gasteiger partial charge on any atom is -0.494 e. The molecule has 0 aliphatic rings. The van der Waals surface area contributed by atoms with E-state index in [-0.39, 0.29) is 12.5 Å². The molecule has 2 aromatic carbocycles. The van der Waals surface area contributed by atoms with Crippen LogP contribution >= 0.6 is 38.9 Å². The maximum absolute atomic E-state index is 13.3. The molecule has 28 heavy (non-hydrogen) atoms. The summed E-state index contributed by atoms with van der Waals surface area (Å²) >= 11 is 11.1. The molecule has 0 fully saturated rings. The number of hydrogen-bond donors (Lipinski definition) is 0. The highest BCUT2D eigenvalue weighted by Crippen LogP contribution is 2.39. The predicted octanol–water partition coefficient (Wildman–Crippen LogP) is 6.16. The van der Waals surface area contributed by atoms with Crippen LogP contribution in [0.2, 0.25) is 5.02 Å². The van der Waals surface area contributed by atoms with Crippen LogP contribution in [0, 0.1) is 0 Å². The molecule has 142 valence electrons. The van der Waals surface area contributed by atoms with E-state index in [0.717, 1.165) is 9.17 Å². The number of rotatable bonds is 5. The van der Waals surface area contributed by atoms with E-state index in [4.69, 9.17) is 20.8 Å². The van der Waals surface area contributed by atoms with Crippen molar-refractivity contribution in [1.82, 2.24) is 4.98 Å². The maximum Gasteiger partial charge on any atom is 0.260 e. The van der Waals surface area contributed by atoms with Gasteiger partial charge in [0.05, 0.1) is 29.6 Å². The summed E-state index contributed by atoms with van der Waals surface area (Å²) in [7, 11) is 1.58. The number of carbonyl (C=O) groups is 1. The first kappa shape index (κ1) is 19.0. The predicted molar refractivity (Wildman–Crippen MR) is 115 cm³/mol. The van der Waals surface area contributed by atoms with Crippen LogP contribution in [-0.2, 0) is 6.54 Å². The molecule has 1 amide bonds. The van der Waals surface area contributed by atoms with Gasteiger partial charge in [-0.15, -0.1) is 0 Å². The highest BCUT2D eigenvalue weighted by molar-refractivity contribution is 9.10. The minimum atomic E-state index is -0.188. The summed E-state index contributed by atoms with van der Waals surface area (Å²) in [5.74, 6) is 1.07. The Balaban J connectivity index is 1.82. The summed E-state index contributed by atoms with van der Waals surface area (Å²) in [4.78, 5) is 19.5. The first-order valence-electron chi connectivity index (χ1n) is 8.29. The molecule has 2 heterocycles. The van der Waals surface area contributed by atoms with Crippen molar-refractivity contribution >= 4 is 60.1 Å². The van der Waals surface area contributed by atoms with Crippen molar-refractivity contribution in [3.8, 4) is 5.75 Å². The second-order valence-electron chi connectivity index (χ2n) is 5.90. The van der Waals surface area contributed by atoms with E-state index in [9.17, 15) is 4.79 Å². The molecule has 0 spiro atoms. The average Bonchev–Trinajstić information content (AvgIpc) is 3.36. The zero-order valence-electron chi connectivity index (χ0n) is 14.7. The third-order valence-electron chi connectivity index (χ3n) is 4.11. The van der Waals surface area contributed by atoms with E-state index in [1.54, 1.807) is 48.6 Å². The lowest BCUT2D eigenvalue weighted by atomic mass is 10.2. The van der Waals surface area contributed by atoms with Crippen LogP contribution < -0.4 is 9.64 Å². The van der Waals surface area contributed by atoms with Gasteiger partial charge in [-0.05, 0) is 42.5 Å². The number of ether oxygens (including phenoxy) is 1. The Bertz CT molecular complexity index is 1140. The number of carbonyl (C=O) groups excluding carboxylic acids is 1. The van der Waals surface area contributed by atoms with Gasteiger partial charge >= 0.3 is 0 Å². The zero-order valence-corrected chi connectivity index (χ0v) is 17.8. The third-order valence-corrected chi connectivity index (χ3v) is 6.14. The molecule has 0 unspecified atom stereocenters. The number of nitrogens with zero attached hydrogens (tertiary/aromatic N) is 2. The molecule has 0 saturated carbocycles. The summed E-state index contributed by atoms with van der Waals surface area (Å²) in [6.45, 7) is 0.248. The van der Waals surface area contributed by atoms with Gasteiger partial charge in [-0.3, -0.25) is 9.69 Å². The van der Waals surface area contributed by atoms with Crippen molar-refractivity contribution in [1.29, 1.82) is 0 Å². The molecule has 0 N–H and O–H groups in total. The number of furan rings is 1. The van der Waals surface area contributed by atoms with Crippen molar-refractivity contribution in [2.75, 3.05) is 12.0 Å². The lowest BCUT2D eigenvalue weighted by Crippen LogP contribution is -2.30. The second-order valence-corrected chi connectivity index (χ2v) is 8.21. The molecule has 4 rings (SSSR count). The van der Waals surface area contributed by atoms with Crippen LogP contribution in [0.3, 0.4) is 0 Å². The van der Waals surface area contributed by atoms with E-state index < -0.39 is 0 Å². The van der Waals surface area contributed by atoms with E-state index in [1.807, 2.05) is 18.2 Å². The van der Waals surface area contributed by atoms with Crippen molar-refractivity contribution < 1.29 is 13.9 Å². The number of thiazole rings is 1. The summed E-state index contributed by atoms with van der Waals surface area (Å²) in [6, 6.07) is 14.4. The quantitative estimate of drug-likeness (QED) is 0.345. The number of aromatic nitrogens is 1. The number of benzene rings is 2. The SMILES string of the molecule is COc1ccc(Cl)c2sc(N(Cc3ccco3)C(=O)c3cccc(Br)c3)nc12. The Kier molecular flexibility index (Phi) is 5.39. The minimum absolute atomic E-state index is 0.188. The fourth-order valence-corrected chi connectivity index (χ4v) is 4.44. The van der Waals surface area contributed by atoms with Crippen LogP contribution in [0.15, 0.2) is 63.7 Å². The third kappa shape index (κ3) is 3.65. The van der Waals surface area contributed by atoms with Crippen LogP contribution in [-0.4, -0.2) is 18.0 Å². The standard InChI is InChI=1S/C20H14BrClN2O3S/c1-26-16-8-7-15(22)18-17(16)23-20(28-18)24(11-14-6-3-9-27-14)19(25)12-4-2-5-13(21)10-12/h2-10H,11H2,1H3. The molecule has 5 nitrogen and oxygen atoms in total. The van der Waals surface area contributed by atoms with Gasteiger partial charge in [0.2, 0.25) is 0 Å². The molecule has 2 aromatic heterocycles. The van der Waals surface area contributed by atoms with Crippen molar-refractivity contribution in [3.05, 3.63) is 75.6 Å². The van der Waals surface area contributed by atoms with Crippen LogP contribution in [0.25, 0.3) is 10.2 Å². The molecule has 4 aromatic rings. The summed E-state index contributed by atoms with van der Waals surface area (Å²) in [6.07, 6.45) is 1.58. The van der Waals surface area contributed by atoms with E-state index >= 15 is 0 Å². The molecule has 0 bridgehead atoms. The number of halogens is 2. The van der Waals surface area contributed by atoms with Crippen molar-refractivity contribution in [2.45, 2.75) is 6.54 Å². The van der Waals surface area contributed by atoms with Gasteiger partial charge in [0, 0.05) is 10.0 Å². The highest BCUT2D eigenvalue weighted by atomic mass is 79.9. The molecular formula is C20H14BrClN2O3S. The first-order chi connectivity index (χ1) is 13.6. The lowest BCUT2D eigenvalue weighted by molar-refractivity contribution is 0.0983. The van der Waals surface area contributed by atoms with Crippen molar-refractivity contribution in [3.63, 3.8) is 0 Å². The number of methoxy groups -OCH3 is 1. The smallest absolute Gasteiger partial charge is 0.260 e. The van der Waals surface area contributed by atoms with Crippen molar-refractivity contribution in [2.24, 2.45) is 0 Å². The van der Waals surface area contributed by atoms with Gasteiger partial charge in [0.25, 0.3) is 5.91 Å². The van der Waals surface area contributed by atoms with E-state index in [0.29, 0.717) is 32.7 Å². The van der Waals surface area contributed by atoms with Gasteiger partial charge in [0.15, 0.2) is 5.13 Å². The number of hydrogen-bond acceptors (Lipinski definition) is 5. The lowest BCUT2D eigenvalue weighted by Gasteiger charge is -2.19. The van der Waals surface area contributed by atoms with Gasteiger partial charge in [0.1, 0.15) is 17.0 Å².